The quantitative estimate of drug-likeness (QED) is 0.658. The van der Waals surface area contributed by atoms with Gasteiger partial charge in [-0.15, -0.1) is 0 Å². The summed E-state index contributed by atoms with van der Waals surface area (Å²) in [6, 6.07) is 6.29. The lowest BCUT2D eigenvalue weighted by atomic mass is 10.0. The first-order valence-electron chi connectivity index (χ1n) is 7.02. The minimum absolute atomic E-state index is 0.323. The fourth-order valence-corrected chi connectivity index (χ4v) is 1.78. The van der Waals surface area contributed by atoms with Gasteiger partial charge >= 0.3 is 12.1 Å². The average molecular weight is 346 g/mol. The Morgan fingerprint density at radius 2 is 1.71 bits per heavy atom. The molecule has 0 aromatic heterocycles. The van der Waals surface area contributed by atoms with Crippen molar-refractivity contribution in [2.45, 2.75) is 25.9 Å². The van der Waals surface area contributed by atoms with Crippen molar-refractivity contribution >= 4 is 23.5 Å². The molecule has 1 unspecified atom stereocenters. The third kappa shape index (κ3) is 7.61. The van der Waals surface area contributed by atoms with Crippen LogP contribution in [0.15, 0.2) is 24.3 Å². The van der Waals surface area contributed by atoms with Gasteiger partial charge in [0, 0.05) is 5.69 Å². The number of nitrogens with one attached hydrogen (secondary N) is 2. The van der Waals surface area contributed by atoms with Crippen LogP contribution in [0, 0.1) is 5.92 Å². The Hall–Kier alpha value is -2.58. The van der Waals surface area contributed by atoms with Crippen molar-refractivity contribution in [1.82, 2.24) is 5.32 Å². The summed E-state index contributed by atoms with van der Waals surface area (Å²) in [5.41, 5.74) is 1.11. The lowest BCUT2D eigenvalue weighted by molar-refractivity contribution is -0.141. The van der Waals surface area contributed by atoms with Crippen LogP contribution in [0.2, 0.25) is 0 Å². The van der Waals surface area contributed by atoms with E-state index in [1.165, 1.54) is 12.1 Å². The topological polar surface area (TPSA) is 95.5 Å². The Bertz CT molecular complexity index is 600. The largest absolute Gasteiger partial charge is 0.481 e. The highest BCUT2D eigenvalue weighted by molar-refractivity contribution is 6.03. The van der Waals surface area contributed by atoms with Gasteiger partial charge in [0.15, 0.2) is 0 Å². The van der Waals surface area contributed by atoms with Gasteiger partial charge in [-0.2, -0.15) is 13.2 Å². The van der Waals surface area contributed by atoms with Crippen LogP contribution in [0.4, 0.5) is 18.9 Å². The lowest BCUT2D eigenvalue weighted by Crippen LogP contribution is -2.35. The van der Waals surface area contributed by atoms with E-state index in [0.717, 1.165) is 5.56 Å². The Morgan fingerprint density at radius 1 is 1.12 bits per heavy atom. The molecule has 1 rings (SSSR count). The molecule has 0 radical (unpaired) electrons. The van der Waals surface area contributed by atoms with Crippen LogP contribution in [0.1, 0.15) is 18.9 Å². The van der Waals surface area contributed by atoms with Crippen LogP contribution in [0.3, 0.4) is 0 Å². The van der Waals surface area contributed by atoms with Crippen molar-refractivity contribution in [3.63, 3.8) is 0 Å². The zero-order valence-corrected chi connectivity index (χ0v) is 12.8. The summed E-state index contributed by atoms with van der Waals surface area (Å²) in [6.07, 6.45) is -4.94. The highest BCUT2D eigenvalue weighted by Crippen LogP contribution is 2.14. The molecule has 0 saturated heterocycles. The van der Waals surface area contributed by atoms with Crippen LogP contribution in [0.25, 0.3) is 0 Å². The van der Waals surface area contributed by atoms with Gasteiger partial charge in [0.25, 0.3) is 0 Å². The summed E-state index contributed by atoms with van der Waals surface area (Å²) < 4.78 is 35.8. The van der Waals surface area contributed by atoms with Crippen LogP contribution in [-0.2, 0) is 20.8 Å². The van der Waals surface area contributed by atoms with Crippen LogP contribution >= 0.6 is 0 Å². The fraction of sp³-hybridized carbons (Fsp3) is 0.400. The predicted octanol–water partition coefficient (Wildman–Crippen LogP) is 1.96. The molecule has 3 N–H and O–H groups in total. The molecule has 2 amide bonds. The third-order valence-corrected chi connectivity index (χ3v) is 3.01. The van der Waals surface area contributed by atoms with Crippen LogP contribution in [-0.4, -0.2) is 35.6 Å². The van der Waals surface area contributed by atoms with Crippen LogP contribution < -0.4 is 10.6 Å². The molecular weight excluding hydrogens is 329 g/mol. The van der Waals surface area contributed by atoms with E-state index in [9.17, 15) is 27.6 Å². The van der Waals surface area contributed by atoms with E-state index in [2.05, 4.69) is 5.32 Å². The molecular formula is C15H17F3N2O4. The van der Waals surface area contributed by atoms with Crippen molar-refractivity contribution in [2.24, 2.45) is 5.92 Å². The van der Waals surface area contributed by atoms with Gasteiger partial charge < -0.3 is 15.7 Å². The van der Waals surface area contributed by atoms with E-state index in [4.69, 9.17) is 5.11 Å². The van der Waals surface area contributed by atoms with Crippen molar-refractivity contribution in [3.8, 4) is 0 Å². The Morgan fingerprint density at radius 3 is 2.21 bits per heavy atom. The average Bonchev–Trinajstić information content (AvgIpc) is 2.46. The zero-order chi connectivity index (χ0) is 18.3. The summed E-state index contributed by atoms with van der Waals surface area (Å²) >= 11 is 0. The zero-order valence-electron chi connectivity index (χ0n) is 12.8. The molecule has 132 valence electrons. The Balaban J connectivity index is 2.47. The fourth-order valence-electron chi connectivity index (χ4n) is 1.78. The number of carbonyl (C=O) groups excluding carboxylic acids is 2. The third-order valence-electron chi connectivity index (χ3n) is 3.01. The van der Waals surface area contributed by atoms with Gasteiger partial charge in [-0.25, -0.2) is 0 Å². The summed E-state index contributed by atoms with van der Waals surface area (Å²) in [5, 5.41) is 12.8. The number of hydrogen-bond donors (Lipinski definition) is 3. The number of carboxylic acids is 1. The van der Waals surface area contributed by atoms with E-state index >= 15 is 0 Å². The number of anilines is 1. The lowest BCUT2D eigenvalue weighted by Gasteiger charge is -2.10. The maximum absolute atomic E-state index is 11.9. The number of rotatable bonds is 7. The van der Waals surface area contributed by atoms with Gasteiger partial charge in [0.1, 0.15) is 13.0 Å². The van der Waals surface area contributed by atoms with Gasteiger partial charge in [-0.05, 0) is 24.1 Å². The summed E-state index contributed by atoms with van der Waals surface area (Å²) in [7, 11) is 0. The molecule has 0 fully saturated rings. The number of carboxylic acid groups (broad SMARTS) is 1. The normalized spacial score (nSPS) is 12.3. The minimum Gasteiger partial charge on any atom is -0.481 e. The minimum atomic E-state index is -4.53. The number of alkyl halides is 3. The highest BCUT2D eigenvalue weighted by atomic mass is 19.4. The number of amides is 2. The molecule has 0 saturated carbocycles. The van der Waals surface area contributed by atoms with E-state index in [0.29, 0.717) is 12.1 Å². The monoisotopic (exact) mass is 346 g/mol. The van der Waals surface area contributed by atoms with Gasteiger partial charge in [0.05, 0.1) is 5.92 Å². The smallest absolute Gasteiger partial charge is 0.405 e. The van der Waals surface area contributed by atoms with Crippen molar-refractivity contribution in [2.75, 3.05) is 11.9 Å². The molecule has 24 heavy (non-hydrogen) atoms. The van der Waals surface area contributed by atoms with Crippen molar-refractivity contribution in [3.05, 3.63) is 29.8 Å². The maximum atomic E-state index is 11.9. The molecule has 0 aliphatic carbocycles. The molecule has 0 spiro atoms. The van der Waals surface area contributed by atoms with E-state index in [-0.39, 0.29) is 0 Å². The van der Waals surface area contributed by atoms with Gasteiger partial charge in [-0.3, -0.25) is 14.4 Å². The van der Waals surface area contributed by atoms with Crippen molar-refractivity contribution in [1.29, 1.82) is 0 Å². The van der Waals surface area contributed by atoms with E-state index < -0.39 is 42.8 Å². The van der Waals surface area contributed by atoms with Crippen molar-refractivity contribution < 1.29 is 32.7 Å². The molecule has 1 aromatic carbocycles. The molecule has 0 aliphatic rings. The number of carbonyl (C=O) groups is 3. The highest BCUT2D eigenvalue weighted by Gasteiger charge is 2.28. The second-order valence-electron chi connectivity index (χ2n) is 5.26. The van der Waals surface area contributed by atoms with Crippen LogP contribution in [0.5, 0.6) is 0 Å². The second-order valence-corrected chi connectivity index (χ2v) is 5.26. The maximum Gasteiger partial charge on any atom is 0.405 e. The van der Waals surface area contributed by atoms with E-state index in [1.807, 2.05) is 0 Å². The molecule has 6 nitrogen and oxygen atoms in total. The Labute approximate surface area is 136 Å². The first kappa shape index (κ1) is 19.5. The Kier molecular flexibility index (Phi) is 6.75. The first-order valence-corrected chi connectivity index (χ1v) is 7.02. The SMILES string of the molecule is CC(Cc1ccc(NC(=O)CC(=O)NCC(F)(F)F)cc1)C(=O)O. The number of hydrogen-bond acceptors (Lipinski definition) is 3. The number of aliphatic carboxylic acids is 1. The van der Waals surface area contributed by atoms with Gasteiger partial charge in [-0.1, -0.05) is 19.1 Å². The molecule has 9 heteroatoms. The number of benzene rings is 1. The van der Waals surface area contributed by atoms with E-state index in [1.54, 1.807) is 24.4 Å². The first-order chi connectivity index (χ1) is 11.1. The predicted molar refractivity (Wildman–Crippen MR) is 79.3 cm³/mol. The molecule has 0 heterocycles. The molecule has 0 bridgehead atoms. The summed E-state index contributed by atoms with van der Waals surface area (Å²) in [4.78, 5) is 33.5. The molecule has 0 aliphatic heterocycles. The summed E-state index contributed by atoms with van der Waals surface area (Å²) in [5.74, 6) is -3.25. The second kappa shape index (κ2) is 8.32. The standard InChI is InChI=1S/C15H17F3N2O4/c1-9(14(23)24)6-10-2-4-11(5-3-10)20-13(22)7-12(21)19-8-15(16,17)18/h2-5,9H,6-8H2,1H3,(H,19,21)(H,20,22)(H,23,24). The summed E-state index contributed by atoms with van der Waals surface area (Å²) in [6.45, 7) is 0.0765. The molecule has 1 aromatic rings. The van der Waals surface area contributed by atoms with Gasteiger partial charge in [0.2, 0.25) is 11.8 Å². The molecule has 1 atom stereocenters. The number of halogens is 3.